The monoisotopic (exact) mass is 173 g/mol. The van der Waals surface area contributed by atoms with Gasteiger partial charge < -0.3 is 5.11 Å². The van der Waals surface area contributed by atoms with E-state index < -0.39 is 0 Å². The lowest BCUT2D eigenvalue weighted by molar-refractivity contribution is 0.114. The van der Waals surface area contributed by atoms with Crippen molar-refractivity contribution in [1.82, 2.24) is 5.32 Å². The standard InChI is InChI=1S/C10H23NO/c1-4-7-9(8-5-2)11-10(12)6-3/h9-12H,4-8H2,1-3H3. The second kappa shape index (κ2) is 7.56. The van der Waals surface area contributed by atoms with Crippen molar-refractivity contribution in [3.8, 4) is 0 Å². The Morgan fingerprint density at radius 3 is 1.92 bits per heavy atom. The molecule has 12 heavy (non-hydrogen) atoms. The molecule has 0 aromatic rings. The topological polar surface area (TPSA) is 32.3 Å². The van der Waals surface area contributed by atoms with Gasteiger partial charge in [0.1, 0.15) is 6.23 Å². The maximum absolute atomic E-state index is 9.37. The molecule has 0 aliphatic rings. The van der Waals surface area contributed by atoms with Gasteiger partial charge in [0, 0.05) is 6.04 Å². The highest BCUT2D eigenvalue weighted by atomic mass is 16.3. The molecular formula is C10H23NO. The van der Waals surface area contributed by atoms with Crippen molar-refractivity contribution in [1.29, 1.82) is 0 Å². The minimum Gasteiger partial charge on any atom is -0.379 e. The number of rotatable bonds is 7. The second-order valence-electron chi connectivity index (χ2n) is 3.36. The number of hydrogen-bond donors (Lipinski definition) is 2. The van der Waals surface area contributed by atoms with Gasteiger partial charge in [-0.1, -0.05) is 33.6 Å². The van der Waals surface area contributed by atoms with Crippen LogP contribution in [0.3, 0.4) is 0 Å². The lowest BCUT2D eigenvalue weighted by Crippen LogP contribution is -2.37. The quantitative estimate of drug-likeness (QED) is 0.579. The van der Waals surface area contributed by atoms with Gasteiger partial charge in [0.2, 0.25) is 0 Å². The summed E-state index contributed by atoms with van der Waals surface area (Å²) in [5, 5.41) is 12.6. The van der Waals surface area contributed by atoms with E-state index in [9.17, 15) is 5.11 Å². The molecule has 0 aromatic carbocycles. The molecule has 0 saturated carbocycles. The van der Waals surface area contributed by atoms with Crippen LogP contribution in [-0.2, 0) is 0 Å². The van der Waals surface area contributed by atoms with Gasteiger partial charge in [-0.05, 0) is 19.3 Å². The molecule has 0 aromatic heterocycles. The molecule has 0 heterocycles. The molecule has 0 radical (unpaired) electrons. The Labute approximate surface area is 76.4 Å². The molecule has 0 bridgehead atoms. The van der Waals surface area contributed by atoms with Crippen molar-refractivity contribution >= 4 is 0 Å². The second-order valence-corrected chi connectivity index (χ2v) is 3.36. The van der Waals surface area contributed by atoms with Crippen molar-refractivity contribution in [2.45, 2.75) is 65.1 Å². The van der Waals surface area contributed by atoms with Crippen LogP contribution >= 0.6 is 0 Å². The summed E-state index contributed by atoms with van der Waals surface area (Å²) in [6.45, 7) is 6.36. The van der Waals surface area contributed by atoms with E-state index in [0.29, 0.717) is 6.04 Å². The van der Waals surface area contributed by atoms with E-state index in [1.807, 2.05) is 6.92 Å². The van der Waals surface area contributed by atoms with E-state index in [4.69, 9.17) is 0 Å². The zero-order chi connectivity index (χ0) is 9.40. The maximum atomic E-state index is 9.37. The molecule has 1 unspecified atom stereocenters. The maximum Gasteiger partial charge on any atom is 0.104 e. The Morgan fingerprint density at radius 1 is 1.08 bits per heavy atom. The number of hydrogen-bond acceptors (Lipinski definition) is 2. The van der Waals surface area contributed by atoms with Crippen LogP contribution in [0.2, 0.25) is 0 Å². The van der Waals surface area contributed by atoms with Gasteiger partial charge >= 0.3 is 0 Å². The van der Waals surface area contributed by atoms with Crippen molar-refractivity contribution < 1.29 is 5.11 Å². The molecule has 0 aliphatic heterocycles. The molecular weight excluding hydrogens is 150 g/mol. The van der Waals surface area contributed by atoms with Crippen LogP contribution in [0, 0.1) is 0 Å². The first-order chi connectivity index (χ1) is 5.74. The summed E-state index contributed by atoms with van der Waals surface area (Å²) >= 11 is 0. The van der Waals surface area contributed by atoms with Gasteiger partial charge in [-0.25, -0.2) is 0 Å². The molecule has 2 nitrogen and oxygen atoms in total. The normalized spacial score (nSPS) is 13.8. The summed E-state index contributed by atoms with van der Waals surface area (Å²) in [5.41, 5.74) is 0. The fraction of sp³-hybridized carbons (Fsp3) is 1.00. The van der Waals surface area contributed by atoms with Crippen LogP contribution in [0.1, 0.15) is 52.9 Å². The molecule has 0 amide bonds. The van der Waals surface area contributed by atoms with Crippen molar-refractivity contribution in [2.75, 3.05) is 0 Å². The van der Waals surface area contributed by atoms with Crippen LogP contribution in [-0.4, -0.2) is 17.4 Å². The van der Waals surface area contributed by atoms with Crippen LogP contribution in [0.5, 0.6) is 0 Å². The third-order valence-electron chi connectivity index (χ3n) is 2.09. The first kappa shape index (κ1) is 11.9. The molecule has 0 saturated heterocycles. The van der Waals surface area contributed by atoms with Crippen molar-refractivity contribution in [3.05, 3.63) is 0 Å². The molecule has 2 heteroatoms. The number of aliphatic hydroxyl groups excluding tert-OH is 1. The highest BCUT2D eigenvalue weighted by Gasteiger charge is 2.09. The predicted octanol–water partition coefficient (Wildman–Crippen LogP) is 2.27. The summed E-state index contributed by atoms with van der Waals surface area (Å²) in [6, 6.07) is 0.509. The van der Waals surface area contributed by atoms with E-state index >= 15 is 0 Å². The lowest BCUT2D eigenvalue weighted by Gasteiger charge is -2.20. The van der Waals surface area contributed by atoms with Crippen LogP contribution < -0.4 is 5.32 Å². The SMILES string of the molecule is CCCC(CCC)NC(O)CC. The molecule has 0 spiro atoms. The molecule has 0 fully saturated rings. The minimum absolute atomic E-state index is 0.312. The average molecular weight is 173 g/mol. The average Bonchev–Trinajstić information content (AvgIpc) is 2.05. The Morgan fingerprint density at radius 2 is 1.58 bits per heavy atom. The lowest BCUT2D eigenvalue weighted by atomic mass is 10.1. The van der Waals surface area contributed by atoms with Crippen molar-refractivity contribution in [3.63, 3.8) is 0 Å². The van der Waals surface area contributed by atoms with Gasteiger partial charge in [0.25, 0.3) is 0 Å². The fourth-order valence-corrected chi connectivity index (χ4v) is 1.40. The predicted molar refractivity (Wildman–Crippen MR) is 53.0 cm³/mol. The smallest absolute Gasteiger partial charge is 0.104 e. The van der Waals surface area contributed by atoms with E-state index in [1.54, 1.807) is 0 Å². The Balaban J connectivity index is 3.61. The van der Waals surface area contributed by atoms with Gasteiger partial charge in [-0.3, -0.25) is 5.32 Å². The molecule has 0 aliphatic carbocycles. The first-order valence-corrected chi connectivity index (χ1v) is 5.18. The Kier molecular flexibility index (Phi) is 7.51. The Hall–Kier alpha value is -0.0800. The fourth-order valence-electron chi connectivity index (χ4n) is 1.40. The van der Waals surface area contributed by atoms with Crippen LogP contribution in [0.25, 0.3) is 0 Å². The minimum atomic E-state index is -0.312. The zero-order valence-electron chi connectivity index (χ0n) is 8.64. The first-order valence-electron chi connectivity index (χ1n) is 5.18. The van der Waals surface area contributed by atoms with Gasteiger partial charge in [0.05, 0.1) is 0 Å². The van der Waals surface area contributed by atoms with Gasteiger partial charge in [-0.15, -0.1) is 0 Å². The van der Waals surface area contributed by atoms with Crippen LogP contribution in [0.4, 0.5) is 0 Å². The van der Waals surface area contributed by atoms with Gasteiger partial charge in [-0.2, -0.15) is 0 Å². The van der Waals surface area contributed by atoms with Crippen LogP contribution in [0.15, 0.2) is 0 Å². The van der Waals surface area contributed by atoms with E-state index in [1.165, 1.54) is 25.7 Å². The Bertz CT molecular complexity index is 89.8. The largest absolute Gasteiger partial charge is 0.379 e. The van der Waals surface area contributed by atoms with E-state index in [2.05, 4.69) is 19.2 Å². The van der Waals surface area contributed by atoms with E-state index in [-0.39, 0.29) is 6.23 Å². The number of nitrogens with one attached hydrogen (secondary N) is 1. The highest BCUT2D eigenvalue weighted by molar-refractivity contribution is 4.66. The summed E-state index contributed by atoms with van der Waals surface area (Å²) in [6.07, 6.45) is 5.20. The number of aliphatic hydroxyl groups is 1. The third-order valence-corrected chi connectivity index (χ3v) is 2.09. The summed E-state index contributed by atoms with van der Waals surface area (Å²) in [5.74, 6) is 0. The third kappa shape index (κ3) is 5.56. The van der Waals surface area contributed by atoms with Gasteiger partial charge in [0.15, 0.2) is 0 Å². The van der Waals surface area contributed by atoms with Crippen molar-refractivity contribution in [2.24, 2.45) is 0 Å². The molecule has 0 rings (SSSR count). The molecule has 74 valence electrons. The summed E-state index contributed by atoms with van der Waals surface area (Å²) in [7, 11) is 0. The highest BCUT2D eigenvalue weighted by Crippen LogP contribution is 2.05. The summed E-state index contributed by atoms with van der Waals surface area (Å²) < 4.78 is 0. The molecule has 2 N–H and O–H groups in total. The summed E-state index contributed by atoms with van der Waals surface area (Å²) in [4.78, 5) is 0. The molecule has 1 atom stereocenters. The zero-order valence-corrected chi connectivity index (χ0v) is 8.64. The van der Waals surface area contributed by atoms with E-state index in [0.717, 1.165) is 6.42 Å².